The van der Waals surface area contributed by atoms with Gasteiger partial charge in [0.25, 0.3) is 10.1 Å². The average Bonchev–Trinajstić information content (AvgIpc) is 2.35. The Morgan fingerprint density at radius 1 is 1.18 bits per heavy atom. The molecule has 0 aromatic heterocycles. The summed E-state index contributed by atoms with van der Waals surface area (Å²) in [5.41, 5.74) is 0. The van der Waals surface area contributed by atoms with Crippen molar-refractivity contribution in [3.8, 4) is 0 Å². The largest absolute Gasteiger partial charge is 1.00 e. The van der Waals surface area contributed by atoms with Gasteiger partial charge in [-0.1, -0.05) is 32.8 Å². The normalized spacial score (nSPS) is 11.6. The molecule has 0 heterocycles. The van der Waals surface area contributed by atoms with E-state index in [1.165, 1.54) is 25.7 Å². The molecule has 3 N–H and O–H groups in total. The van der Waals surface area contributed by atoms with Crippen molar-refractivity contribution in [1.82, 2.24) is 0 Å². The van der Waals surface area contributed by atoms with Gasteiger partial charge in [0.1, 0.15) is 0 Å². The average molecular weight is 350 g/mol. The second kappa shape index (κ2) is 15.7. The molecule has 0 radical (unpaired) electrons. The molecular formula is C12H23NaO8S. The monoisotopic (exact) mass is 350 g/mol. The van der Waals surface area contributed by atoms with Gasteiger partial charge in [0.2, 0.25) is 0 Å². The van der Waals surface area contributed by atoms with E-state index in [9.17, 15) is 18.0 Å². The molecule has 0 aliphatic rings. The van der Waals surface area contributed by atoms with Gasteiger partial charge < -0.3 is 21.9 Å². The Labute approximate surface area is 153 Å². The quantitative estimate of drug-likeness (QED) is 0.182. The van der Waals surface area contributed by atoms with E-state index in [4.69, 9.17) is 19.5 Å². The molecule has 10 heteroatoms. The van der Waals surface area contributed by atoms with Gasteiger partial charge >= 0.3 is 41.5 Å². The number of aliphatic carboxylic acids is 2. The van der Waals surface area contributed by atoms with Crippen LogP contribution in [0.15, 0.2) is 0 Å². The van der Waals surface area contributed by atoms with Crippen molar-refractivity contribution in [3.05, 3.63) is 6.92 Å². The van der Waals surface area contributed by atoms with Crippen LogP contribution < -0.4 is 29.6 Å². The molecule has 0 fully saturated rings. The predicted octanol–water partition coefficient (Wildman–Crippen LogP) is -1.78. The minimum absolute atomic E-state index is 0. The molecule has 0 saturated carbocycles. The molecule has 0 aliphatic heterocycles. The van der Waals surface area contributed by atoms with Crippen molar-refractivity contribution in [2.45, 2.75) is 44.3 Å². The van der Waals surface area contributed by atoms with Crippen LogP contribution in [0.2, 0.25) is 0 Å². The van der Waals surface area contributed by atoms with Crippen LogP contribution in [0.25, 0.3) is 0 Å². The Bertz CT molecular complexity index is 390. The molecule has 0 rings (SSSR count). The maximum absolute atomic E-state index is 10.2. The van der Waals surface area contributed by atoms with Crippen molar-refractivity contribution < 1.29 is 67.1 Å². The fourth-order valence-corrected chi connectivity index (χ4v) is 1.82. The van der Waals surface area contributed by atoms with Crippen LogP contribution in [-0.2, 0) is 24.4 Å². The van der Waals surface area contributed by atoms with Gasteiger partial charge in [-0.3, -0.25) is 14.1 Å². The summed E-state index contributed by atoms with van der Waals surface area (Å²) in [6.45, 7) is 7.30. The Morgan fingerprint density at radius 3 is 2.00 bits per heavy atom. The number of carbonyl (C=O) groups is 2. The number of carboxylic acids is 2. The molecule has 1 atom stereocenters. The molecule has 1 unspecified atom stereocenters. The van der Waals surface area contributed by atoms with E-state index in [0.29, 0.717) is 6.61 Å². The number of ether oxygens (including phenoxy) is 1. The molecule has 22 heavy (non-hydrogen) atoms. The predicted molar refractivity (Wildman–Crippen MR) is 75.5 cm³/mol. The Hall–Kier alpha value is -0.190. The maximum Gasteiger partial charge on any atom is 1.00 e. The van der Waals surface area contributed by atoms with Crippen LogP contribution in [0, 0.1) is 6.92 Å². The molecule has 0 spiro atoms. The minimum Gasteiger partial charge on any atom is -0.481 e. The SMILES string of the molecule is O=C(O)CC(C(=O)O)S(=O)(=O)O.[CH2-]COCCCCCC.[Na+]. The van der Waals surface area contributed by atoms with Gasteiger partial charge in [-0.05, 0) is 6.42 Å². The molecule has 0 aromatic carbocycles. The second-order valence-corrected chi connectivity index (χ2v) is 5.71. The standard InChI is InChI=1S/C8H17O.C4H6O7S.Na/c1-3-5-6-7-8-9-4-2;5-3(6)1-2(4(7)8)12(9,10)11;/h2-8H2,1H3;2H,1H2,(H,5,6)(H,7,8)(H,9,10,11);/q-1;;+1. The third kappa shape index (κ3) is 17.9. The van der Waals surface area contributed by atoms with Crippen molar-refractivity contribution >= 4 is 22.1 Å². The van der Waals surface area contributed by atoms with E-state index in [-0.39, 0.29) is 29.6 Å². The van der Waals surface area contributed by atoms with E-state index in [2.05, 4.69) is 13.8 Å². The van der Waals surface area contributed by atoms with E-state index < -0.39 is 33.7 Å². The fraction of sp³-hybridized carbons (Fsp3) is 0.750. The first kappa shape index (κ1) is 26.7. The number of hydrogen-bond donors (Lipinski definition) is 3. The number of unbranched alkanes of at least 4 members (excludes halogenated alkanes) is 3. The van der Waals surface area contributed by atoms with Gasteiger partial charge in [0, 0.05) is 6.61 Å². The van der Waals surface area contributed by atoms with Gasteiger partial charge in [0.15, 0.2) is 5.25 Å². The second-order valence-electron chi connectivity index (χ2n) is 4.11. The zero-order valence-corrected chi connectivity index (χ0v) is 15.8. The molecule has 0 amide bonds. The minimum atomic E-state index is -4.84. The Balaban J connectivity index is -0.000000326. The summed E-state index contributed by atoms with van der Waals surface area (Å²) < 4.78 is 33.7. The van der Waals surface area contributed by atoms with Crippen LogP contribution in [0.4, 0.5) is 0 Å². The molecule has 0 saturated heterocycles. The van der Waals surface area contributed by atoms with Crippen LogP contribution in [0.3, 0.4) is 0 Å². The van der Waals surface area contributed by atoms with Crippen molar-refractivity contribution in [3.63, 3.8) is 0 Å². The van der Waals surface area contributed by atoms with Crippen LogP contribution in [0.5, 0.6) is 0 Å². The van der Waals surface area contributed by atoms with E-state index in [0.717, 1.165) is 6.61 Å². The smallest absolute Gasteiger partial charge is 0.481 e. The Kier molecular flexibility index (Phi) is 19.0. The van der Waals surface area contributed by atoms with Crippen LogP contribution in [0.1, 0.15) is 39.0 Å². The summed E-state index contributed by atoms with van der Waals surface area (Å²) in [7, 11) is -4.84. The van der Waals surface area contributed by atoms with Crippen molar-refractivity contribution in [1.29, 1.82) is 0 Å². The zero-order valence-electron chi connectivity index (χ0n) is 13.0. The summed E-state index contributed by atoms with van der Waals surface area (Å²) in [6, 6.07) is 0. The fourth-order valence-electron chi connectivity index (χ4n) is 1.21. The van der Waals surface area contributed by atoms with Crippen LogP contribution in [-0.4, -0.2) is 53.6 Å². The van der Waals surface area contributed by atoms with Gasteiger partial charge in [-0.15, -0.1) is 0 Å². The molecule has 0 aromatic rings. The number of hydrogen-bond acceptors (Lipinski definition) is 5. The third-order valence-corrected chi connectivity index (χ3v) is 3.37. The first-order chi connectivity index (χ1) is 9.66. The van der Waals surface area contributed by atoms with E-state index in [1.54, 1.807) is 0 Å². The van der Waals surface area contributed by atoms with Gasteiger partial charge in [-0.25, -0.2) is 0 Å². The maximum atomic E-state index is 10.2. The summed E-state index contributed by atoms with van der Waals surface area (Å²) in [5, 5.41) is 13.9. The molecular weight excluding hydrogens is 327 g/mol. The summed E-state index contributed by atoms with van der Waals surface area (Å²) >= 11 is 0. The molecule has 126 valence electrons. The third-order valence-electron chi connectivity index (χ3n) is 2.28. The zero-order chi connectivity index (χ0) is 16.9. The van der Waals surface area contributed by atoms with Gasteiger partial charge in [0.05, 0.1) is 6.42 Å². The summed E-state index contributed by atoms with van der Waals surface area (Å²) in [6.07, 6.45) is 3.97. The number of carboxylic acid groups (broad SMARTS) is 2. The van der Waals surface area contributed by atoms with Gasteiger partial charge in [-0.2, -0.15) is 8.42 Å². The topological polar surface area (TPSA) is 138 Å². The molecule has 0 aliphatic carbocycles. The Morgan fingerprint density at radius 2 is 1.73 bits per heavy atom. The summed E-state index contributed by atoms with van der Waals surface area (Å²) in [4.78, 5) is 20.0. The van der Waals surface area contributed by atoms with Crippen molar-refractivity contribution in [2.75, 3.05) is 13.2 Å². The van der Waals surface area contributed by atoms with E-state index in [1.807, 2.05) is 0 Å². The molecule has 8 nitrogen and oxygen atoms in total. The van der Waals surface area contributed by atoms with Crippen molar-refractivity contribution in [2.24, 2.45) is 0 Å². The van der Waals surface area contributed by atoms with E-state index >= 15 is 0 Å². The number of rotatable bonds is 10. The first-order valence-corrected chi connectivity index (χ1v) is 7.95. The van der Waals surface area contributed by atoms with Crippen LogP contribution >= 0.6 is 0 Å². The first-order valence-electron chi connectivity index (χ1n) is 6.44. The summed E-state index contributed by atoms with van der Waals surface area (Å²) in [5.74, 6) is -3.50. The molecule has 0 bridgehead atoms.